The summed E-state index contributed by atoms with van der Waals surface area (Å²) >= 11 is 0. The SMILES string of the molecule is COCC(O)C(C)CN. The molecule has 0 rings (SSSR count). The third-order valence-electron chi connectivity index (χ3n) is 1.37. The molecule has 0 fully saturated rings. The van der Waals surface area contributed by atoms with Gasteiger partial charge in [-0.1, -0.05) is 6.92 Å². The summed E-state index contributed by atoms with van der Waals surface area (Å²) in [5.74, 6) is 0.130. The molecule has 0 aliphatic carbocycles. The zero-order chi connectivity index (χ0) is 7.28. The zero-order valence-electron chi connectivity index (χ0n) is 6.00. The molecule has 0 bridgehead atoms. The van der Waals surface area contributed by atoms with Gasteiger partial charge in [-0.25, -0.2) is 0 Å². The second kappa shape index (κ2) is 4.73. The van der Waals surface area contributed by atoms with Gasteiger partial charge >= 0.3 is 0 Å². The Morgan fingerprint density at radius 2 is 2.22 bits per heavy atom. The number of hydrogen-bond donors (Lipinski definition) is 2. The Labute approximate surface area is 55.8 Å². The van der Waals surface area contributed by atoms with E-state index in [9.17, 15) is 0 Å². The lowest BCUT2D eigenvalue weighted by molar-refractivity contribution is 0.0330. The van der Waals surface area contributed by atoms with E-state index in [4.69, 9.17) is 15.6 Å². The van der Waals surface area contributed by atoms with Crippen LogP contribution in [0.1, 0.15) is 6.92 Å². The number of nitrogens with two attached hydrogens (primary N) is 1. The molecule has 0 aromatic carbocycles. The maximum Gasteiger partial charge on any atom is 0.0810 e. The predicted molar refractivity (Wildman–Crippen MR) is 36.1 cm³/mol. The van der Waals surface area contributed by atoms with E-state index in [0.29, 0.717) is 13.2 Å². The number of methoxy groups -OCH3 is 1. The standard InChI is InChI=1S/C6H15NO2/c1-5(3-7)6(8)4-9-2/h5-6,8H,3-4,7H2,1-2H3. The number of aliphatic hydroxyl groups is 1. The van der Waals surface area contributed by atoms with Crippen molar-refractivity contribution in [1.82, 2.24) is 0 Å². The predicted octanol–water partition coefficient (Wildman–Crippen LogP) is -0.411. The van der Waals surface area contributed by atoms with Crippen LogP contribution in [0.25, 0.3) is 0 Å². The van der Waals surface area contributed by atoms with Gasteiger partial charge in [-0.15, -0.1) is 0 Å². The van der Waals surface area contributed by atoms with Crippen LogP contribution in [-0.4, -0.2) is 31.5 Å². The van der Waals surface area contributed by atoms with Crippen molar-refractivity contribution in [3.63, 3.8) is 0 Å². The first kappa shape index (κ1) is 8.88. The van der Waals surface area contributed by atoms with E-state index in [1.807, 2.05) is 6.92 Å². The number of hydrogen-bond acceptors (Lipinski definition) is 3. The molecule has 56 valence electrons. The molecule has 9 heavy (non-hydrogen) atoms. The molecule has 3 heteroatoms. The molecule has 0 aromatic heterocycles. The van der Waals surface area contributed by atoms with E-state index >= 15 is 0 Å². The van der Waals surface area contributed by atoms with Crippen LogP contribution in [0.5, 0.6) is 0 Å². The van der Waals surface area contributed by atoms with Gasteiger partial charge in [-0.2, -0.15) is 0 Å². The summed E-state index contributed by atoms with van der Waals surface area (Å²) in [5, 5.41) is 9.11. The Bertz CT molecular complexity index is 68.1. The minimum absolute atomic E-state index is 0.130. The van der Waals surface area contributed by atoms with Crippen molar-refractivity contribution in [1.29, 1.82) is 0 Å². The summed E-state index contributed by atoms with van der Waals surface area (Å²) in [6.45, 7) is 2.77. The molecule has 0 aromatic rings. The van der Waals surface area contributed by atoms with Gasteiger partial charge < -0.3 is 15.6 Å². The van der Waals surface area contributed by atoms with E-state index in [-0.39, 0.29) is 5.92 Å². The van der Waals surface area contributed by atoms with Gasteiger partial charge in [-0.05, 0) is 12.5 Å². The van der Waals surface area contributed by atoms with Gasteiger partial charge in [0.05, 0.1) is 12.7 Å². The largest absolute Gasteiger partial charge is 0.390 e. The van der Waals surface area contributed by atoms with Crippen LogP contribution in [0, 0.1) is 5.92 Å². The van der Waals surface area contributed by atoms with Crippen molar-refractivity contribution >= 4 is 0 Å². The quantitative estimate of drug-likeness (QED) is 0.548. The smallest absolute Gasteiger partial charge is 0.0810 e. The van der Waals surface area contributed by atoms with Gasteiger partial charge in [0, 0.05) is 7.11 Å². The Morgan fingerprint density at radius 3 is 2.56 bits per heavy atom. The van der Waals surface area contributed by atoms with Gasteiger partial charge in [0.25, 0.3) is 0 Å². The highest BCUT2D eigenvalue weighted by Gasteiger charge is 2.10. The monoisotopic (exact) mass is 133 g/mol. The van der Waals surface area contributed by atoms with Gasteiger partial charge in [0.15, 0.2) is 0 Å². The summed E-state index contributed by atoms with van der Waals surface area (Å²) in [6.07, 6.45) is -0.417. The van der Waals surface area contributed by atoms with Crippen LogP contribution in [0.15, 0.2) is 0 Å². The summed E-state index contributed by atoms with van der Waals surface area (Å²) in [7, 11) is 1.56. The average molecular weight is 133 g/mol. The molecular formula is C6H15NO2. The summed E-state index contributed by atoms with van der Waals surface area (Å²) in [6, 6.07) is 0. The van der Waals surface area contributed by atoms with Gasteiger partial charge in [-0.3, -0.25) is 0 Å². The van der Waals surface area contributed by atoms with Crippen molar-refractivity contribution < 1.29 is 9.84 Å². The first-order valence-electron chi connectivity index (χ1n) is 3.09. The molecule has 0 aliphatic heterocycles. The van der Waals surface area contributed by atoms with Crippen molar-refractivity contribution in [3.8, 4) is 0 Å². The highest BCUT2D eigenvalue weighted by atomic mass is 16.5. The average Bonchev–Trinajstić information content (AvgIpc) is 1.87. The lowest BCUT2D eigenvalue weighted by Gasteiger charge is -2.14. The zero-order valence-corrected chi connectivity index (χ0v) is 6.00. The van der Waals surface area contributed by atoms with Crippen LogP contribution in [-0.2, 0) is 4.74 Å². The second-order valence-corrected chi connectivity index (χ2v) is 2.24. The number of aliphatic hydroxyl groups excluding tert-OH is 1. The highest BCUT2D eigenvalue weighted by molar-refractivity contribution is 4.63. The van der Waals surface area contributed by atoms with Crippen molar-refractivity contribution in [2.45, 2.75) is 13.0 Å². The van der Waals surface area contributed by atoms with E-state index in [0.717, 1.165) is 0 Å². The number of ether oxygens (including phenoxy) is 1. The third kappa shape index (κ3) is 3.46. The topological polar surface area (TPSA) is 55.5 Å². The lowest BCUT2D eigenvalue weighted by Crippen LogP contribution is -2.28. The third-order valence-corrected chi connectivity index (χ3v) is 1.37. The molecule has 0 saturated heterocycles. The highest BCUT2D eigenvalue weighted by Crippen LogP contribution is 1.99. The molecule has 2 atom stereocenters. The van der Waals surface area contributed by atoms with E-state index in [2.05, 4.69) is 0 Å². The molecule has 0 aliphatic rings. The Balaban J connectivity index is 3.32. The van der Waals surface area contributed by atoms with Gasteiger partial charge in [0.2, 0.25) is 0 Å². The van der Waals surface area contributed by atoms with Crippen molar-refractivity contribution in [2.75, 3.05) is 20.3 Å². The maximum atomic E-state index is 9.11. The Kier molecular flexibility index (Phi) is 4.67. The van der Waals surface area contributed by atoms with Crippen molar-refractivity contribution in [2.24, 2.45) is 11.7 Å². The molecule has 0 spiro atoms. The van der Waals surface area contributed by atoms with Crippen LogP contribution in [0.2, 0.25) is 0 Å². The normalized spacial score (nSPS) is 17.3. The van der Waals surface area contributed by atoms with E-state index < -0.39 is 6.10 Å². The van der Waals surface area contributed by atoms with Crippen LogP contribution in [0.3, 0.4) is 0 Å². The minimum atomic E-state index is -0.417. The molecular weight excluding hydrogens is 118 g/mol. The molecule has 0 radical (unpaired) electrons. The molecule has 3 nitrogen and oxygen atoms in total. The fourth-order valence-corrected chi connectivity index (χ4v) is 0.492. The minimum Gasteiger partial charge on any atom is -0.390 e. The lowest BCUT2D eigenvalue weighted by atomic mass is 10.1. The maximum absolute atomic E-state index is 9.11. The fraction of sp³-hybridized carbons (Fsp3) is 1.00. The van der Waals surface area contributed by atoms with E-state index in [1.165, 1.54) is 0 Å². The van der Waals surface area contributed by atoms with Crippen LogP contribution >= 0.6 is 0 Å². The number of rotatable bonds is 4. The molecule has 2 unspecified atom stereocenters. The van der Waals surface area contributed by atoms with Gasteiger partial charge in [0.1, 0.15) is 0 Å². The first-order valence-corrected chi connectivity index (χ1v) is 3.09. The van der Waals surface area contributed by atoms with E-state index in [1.54, 1.807) is 7.11 Å². The summed E-state index contributed by atoms with van der Waals surface area (Å²) < 4.78 is 4.72. The first-order chi connectivity index (χ1) is 4.22. The molecule has 0 amide bonds. The Hall–Kier alpha value is -0.120. The second-order valence-electron chi connectivity index (χ2n) is 2.24. The molecule has 0 saturated carbocycles. The van der Waals surface area contributed by atoms with Crippen LogP contribution < -0.4 is 5.73 Å². The molecule has 3 N–H and O–H groups in total. The van der Waals surface area contributed by atoms with Crippen LogP contribution in [0.4, 0.5) is 0 Å². The summed E-state index contributed by atoms with van der Waals surface area (Å²) in [5.41, 5.74) is 5.29. The summed E-state index contributed by atoms with van der Waals surface area (Å²) in [4.78, 5) is 0. The van der Waals surface area contributed by atoms with Crippen molar-refractivity contribution in [3.05, 3.63) is 0 Å². The fourth-order valence-electron chi connectivity index (χ4n) is 0.492. The Morgan fingerprint density at radius 1 is 1.67 bits per heavy atom. The molecule has 0 heterocycles.